The minimum Gasteiger partial charge on any atom is -0.493 e. The molecule has 0 bridgehead atoms. The molecule has 0 amide bonds. The fraction of sp³-hybridized carbons (Fsp3) is 0.188. The molecule has 2 rings (SSSR count). The molecule has 0 aliphatic heterocycles. The van der Waals surface area contributed by atoms with Crippen LogP contribution < -0.4 is 24.8 Å². The van der Waals surface area contributed by atoms with Gasteiger partial charge in [0.2, 0.25) is 5.75 Å². The molecule has 0 saturated heterocycles. The summed E-state index contributed by atoms with van der Waals surface area (Å²) in [6, 6.07) is 10.9. The average Bonchev–Trinajstić information content (AvgIpc) is 2.55. The third-order valence-electron chi connectivity index (χ3n) is 3.04. The number of para-hydroxylation sites is 1. The van der Waals surface area contributed by atoms with Crippen LogP contribution >= 0.6 is 23.8 Å². The maximum absolute atomic E-state index is 6.10. The fourth-order valence-corrected chi connectivity index (χ4v) is 2.41. The molecule has 5 nitrogen and oxygen atoms in total. The minimum atomic E-state index is 0.396. The Bertz CT molecular complexity index is 684. The number of hydrogen-bond acceptors (Lipinski definition) is 4. The summed E-state index contributed by atoms with van der Waals surface area (Å²) in [4.78, 5) is 0. The molecule has 0 aliphatic rings. The molecule has 0 radical (unpaired) electrons. The van der Waals surface area contributed by atoms with Crippen LogP contribution in [-0.2, 0) is 0 Å². The smallest absolute Gasteiger partial charge is 0.203 e. The zero-order valence-electron chi connectivity index (χ0n) is 13.0. The van der Waals surface area contributed by atoms with Gasteiger partial charge in [0.1, 0.15) is 0 Å². The van der Waals surface area contributed by atoms with Crippen LogP contribution in [0.2, 0.25) is 5.02 Å². The number of hydrogen-bond donors (Lipinski definition) is 2. The van der Waals surface area contributed by atoms with E-state index in [-0.39, 0.29) is 0 Å². The van der Waals surface area contributed by atoms with Gasteiger partial charge in [0.15, 0.2) is 16.6 Å². The van der Waals surface area contributed by atoms with E-state index in [9.17, 15) is 0 Å². The van der Waals surface area contributed by atoms with E-state index in [0.29, 0.717) is 33.1 Å². The number of halogens is 1. The highest BCUT2D eigenvalue weighted by Crippen LogP contribution is 2.39. The molecule has 2 aromatic carbocycles. The Kier molecular flexibility index (Phi) is 5.90. The van der Waals surface area contributed by atoms with Crippen molar-refractivity contribution in [3.63, 3.8) is 0 Å². The fourth-order valence-electron chi connectivity index (χ4n) is 2.00. The third kappa shape index (κ3) is 4.18. The third-order valence-corrected chi connectivity index (χ3v) is 3.58. The van der Waals surface area contributed by atoms with E-state index in [1.807, 2.05) is 18.2 Å². The number of nitrogens with one attached hydrogen (secondary N) is 2. The first-order valence-corrected chi connectivity index (χ1v) is 7.50. The van der Waals surface area contributed by atoms with Crippen molar-refractivity contribution in [2.45, 2.75) is 0 Å². The van der Waals surface area contributed by atoms with Gasteiger partial charge in [-0.2, -0.15) is 0 Å². The SMILES string of the molecule is COc1cc(NC(=S)Nc2ccccc2Cl)cc(OC)c1OC. The molecule has 0 saturated carbocycles. The van der Waals surface area contributed by atoms with Gasteiger partial charge in [-0.3, -0.25) is 0 Å². The number of anilines is 2. The number of thiocarbonyl (C=S) groups is 1. The van der Waals surface area contributed by atoms with Crippen LogP contribution in [0.4, 0.5) is 11.4 Å². The van der Waals surface area contributed by atoms with Gasteiger partial charge in [-0.1, -0.05) is 23.7 Å². The van der Waals surface area contributed by atoms with Crippen molar-refractivity contribution < 1.29 is 14.2 Å². The lowest BCUT2D eigenvalue weighted by atomic mass is 10.2. The molecule has 0 unspecified atom stereocenters. The second-order valence-electron chi connectivity index (χ2n) is 4.47. The van der Waals surface area contributed by atoms with Crippen molar-refractivity contribution in [3.8, 4) is 17.2 Å². The van der Waals surface area contributed by atoms with Crippen LogP contribution in [0.15, 0.2) is 36.4 Å². The molecule has 23 heavy (non-hydrogen) atoms. The summed E-state index contributed by atoms with van der Waals surface area (Å²) in [6.07, 6.45) is 0. The Morgan fingerprint density at radius 1 is 0.957 bits per heavy atom. The highest BCUT2D eigenvalue weighted by atomic mass is 35.5. The molecule has 0 atom stereocenters. The second-order valence-corrected chi connectivity index (χ2v) is 5.29. The maximum atomic E-state index is 6.10. The molecule has 0 fully saturated rings. The molecule has 0 spiro atoms. The lowest BCUT2D eigenvalue weighted by Crippen LogP contribution is -2.19. The Balaban J connectivity index is 2.19. The van der Waals surface area contributed by atoms with Crippen LogP contribution in [0.5, 0.6) is 17.2 Å². The number of rotatable bonds is 5. The monoisotopic (exact) mass is 352 g/mol. The van der Waals surface area contributed by atoms with E-state index in [4.69, 9.17) is 38.0 Å². The van der Waals surface area contributed by atoms with Crippen LogP contribution in [0, 0.1) is 0 Å². The predicted octanol–water partition coefficient (Wildman–Crippen LogP) is 4.17. The van der Waals surface area contributed by atoms with Gasteiger partial charge in [-0.15, -0.1) is 0 Å². The summed E-state index contributed by atoms with van der Waals surface area (Å²) >= 11 is 11.4. The van der Waals surface area contributed by atoms with Gasteiger partial charge >= 0.3 is 0 Å². The normalized spacial score (nSPS) is 9.91. The highest BCUT2D eigenvalue weighted by Gasteiger charge is 2.14. The summed E-state index contributed by atoms with van der Waals surface area (Å²) in [5.41, 5.74) is 1.42. The average molecular weight is 353 g/mol. The van der Waals surface area contributed by atoms with Crippen molar-refractivity contribution in [3.05, 3.63) is 41.4 Å². The van der Waals surface area contributed by atoms with Gasteiger partial charge < -0.3 is 24.8 Å². The topological polar surface area (TPSA) is 51.8 Å². The Morgan fingerprint density at radius 2 is 1.57 bits per heavy atom. The Labute approximate surface area is 145 Å². The summed E-state index contributed by atoms with van der Waals surface area (Å²) in [7, 11) is 4.67. The van der Waals surface area contributed by atoms with Crippen molar-refractivity contribution in [1.29, 1.82) is 0 Å². The van der Waals surface area contributed by atoms with Crippen LogP contribution in [-0.4, -0.2) is 26.4 Å². The molecular weight excluding hydrogens is 336 g/mol. The molecule has 0 heterocycles. The van der Waals surface area contributed by atoms with Crippen molar-refractivity contribution in [2.75, 3.05) is 32.0 Å². The maximum Gasteiger partial charge on any atom is 0.203 e. The van der Waals surface area contributed by atoms with Crippen molar-refractivity contribution in [2.24, 2.45) is 0 Å². The lowest BCUT2D eigenvalue weighted by Gasteiger charge is -2.16. The zero-order chi connectivity index (χ0) is 16.8. The molecule has 0 aliphatic carbocycles. The van der Waals surface area contributed by atoms with E-state index < -0.39 is 0 Å². The van der Waals surface area contributed by atoms with E-state index >= 15 is 0 Å². The molecular formula is C16H17ClN2O3S. The number of ether oxygens (including phenoxy) is 3. The zero-order valence-corrected chi connectivity index (χ0v) is 14.5. The van der Waals surface area contributed by atoms with Gasteiger partial charge in [-0.25, -0.2) is 0 Å². The number of methoxy groups -OCH3 is 3. The molecule has 2 aromatic rings. The molecule has 2 N–H and O–H groups in total. The van der Waals surface area contributed by atoms with Crippen LogP contribution in [0.25, 0.3) is 0 Å². The predicted molar refractivity (Wildman–Crippen MR) is 97.4 cm³/mol. The van der Waals surface area contributed by atoms with Crippen molar-refractivity contribution >= 4 is 40.3 Å². The molecule has 7 heteroatoms. The first-order chi connectivity index (χ1) is 11.1. The highest BCUT2D eigenvalue weighted by molar-refractivity contribution is 7.80. The Hall–Kier alpha value is -2.18. The molecule has 122 valence electrons. The largest absolute Gasteiger partial charge is 0.493 e. The first-order valence-electron chi connectivity index (χ1n) is 6.71. The summed E-state index contributed by atoms with van der Waals surface area (Å²) in [6.45, 7) is 0. The van der Waals surface area contributed by atoms with Crippen LogP contribution in [0.3, 0.4) is 0 Å². The van der Waals surface area contributed by atoms with Gasteiger partial charge in [0.25, 0.3) is 0 Å². The lowest BCUT2D eigenvalue weighted by molar-refractivity contribution is 0.324. The van der Waals surface area contributed by atoms with E-state index in [1.54, 1.807) is 39.5 Å². The first kappa shape index (κ1) is 17.2. The summed E-state index contributed by atoms with van der Waals surface area (Å²) in [5, 5.41) is 7.08. The van der Waals surface area contributed by atoms with E-state index in [1.165, 1.54) is 0 Å². The van der Waals surface area contributed by atoms with E-state index in [2.05, 4.69) is 10.6 Å². The van der Waals surface area contributed by atoms with Gasteiger partial charge in [-0.05, 0) is 24.4 Å². The Morgan fingerprint density at radius 3 is 2.09 bits per heavy atom. The van der Waals surface area contributed by atoms with Crippen molar-refractivity contribution in [1.82, 2.24) is 0 Å². The summed E-state index contributed by atoms with van der Waals surface area (Å²) < 4.78 is 15.9. The standard InChI is InChI=1S/C16H17ClN2O3S/c1-20-13-8-10(9-14(21-2)15(13)22-3)18-16(23)19-12-7-5-4-6-11(12)17/h4-9H,1-3H3,(H2,18,19,23). The number of benzene rings is 2. The molecule has 0 aromatic heterocycles. The van der Waals surface area contributed by atoms with Crippen LogP contribution in [0.1, 0.15) is 0 Å². The van der Waals surface area contributed by atoms with E-state index in [0.717, 1.165) is 5.69 Å². The minimum absolute atomic E-state index is 0.396. The second kappa shape index (κ2) is 7.89. The summed E-state index contributed by atoms with van der Waals surface area (Å²) in [5.74, 6) is 1.59. The van der Waals surface area contributed by atoms with Gasteiger partial charge in [0.05, 0.1) is 32.0 Å². The quantitative estimate of drug-likeness (QED) is 0.787. The van der Waals surface area contributed by atoms with Gasteiger partial charge in [0, 0.05) is 17.8 Å².